The van der Waals surface area contributed by atoms with Crippen LogP contribution in [0.15, 0.2) is 36.5 Å². The molecule has 128 valence electrons. The molecule has 1 nitrogen and oxygen atoms in total. The smallest absolute Gasteiger partial charge is 0.150 e. The summed E-state index contributed by atoms with van der Waals surface area (Å²) in [6, 6.07) is 7.57. The molecule has 1 aromatic heterocycles. The first-order valence-corrected chi connectivity index (χ1v) is 9.01. The van der Waals surface area contributed by atoms with Crippen LogP contribution in [-0.2, 0) is 0 Å². The van der Waals surface area contributed by atoms with Gasteiger partial charge in [-0.1, -0.05) is 75.7 Å². The van der Waals surface area contributed by atoms with Gasteiger partial charge in [-0.25, -0.2) is 4.39 Å². The molecule has 0 saturated carbocycles. The molecule has 0 aliphatic carbocycles. The van der Waals surface area contributed by atoms with Crippen LogP contribution >= 0.6 is 69.6 Å². The van der Waals surface area contributed by atoms with E-state index < -0.39 is 5.82 Å². The van der Waals surface area contributed by atoms with E-state index in [1.165, 1.54) is 18.3 Å². The number of hydrogen-bond donors (Lipinski definition) is 0. The van der Waals surface area contributed by atoms with Crippen molar-refractivity contribution in [2.24, 2.45) is 0 Å². The van der Waals surface area contributed by atoms with E-state index in [1.807, 2.05) is 0 Å². The van der Waals surface area contributed by atoms with Gasteiger partial charge >= 0.3 is 0 Å². The van der Waals surface area contributed by atoms with Gasteiger partial charge in [0.25, 0.3) is 0 Å². The quantitative estimate of drug-likeness (QED) is 0.353. The maximum atomic E-state index is 14.6. The van der Waals surface area contributed by atoms with E-state index in [2.05, 4.69) is 4.98 Å². The van der Waals surface area contributed by atoms with E-state index in [4.69, 9.17) is 69.6 Å². The van der Waals surface area contributed by atoms with Crippen molar-refractivity contribution in [2.75, 3.05) is 0 Å². The van der Waals surface area contributed by atoms with Crippen molar-refractivity contribution < 1.29 is 4.39 Å². The van der Waals surface area contributed by atoms with Crippen LogP contribution in [0.25, 0.3) is 22.4 Å². The van der Waals surface area contributed by atoms with Crippen LogP contribution in [0.5, 0.6) is 0 Å². The zero-order valence-electron chi connectivity index (χ0n) is 12.1. The molecule has 3 rings (SSSR count). The summed E-state index contributed by atoms with van der Waals surface area (Å²) in [7, 11) is 0. The van der Waals surface area contributed by atoms with Gasteiger partial charge in [0.2, 0.25) is 0 Å². The van der Waals surface area contributed by atoms with Crippen LogP contribution in [0.4, 0.5) is 4.39 Å². The van der Waals surface area contributed by atoms with Crippen molar-refractivity contribution in [3.05, 3.63) is 72.5 Å². The highest BCUT2D eigenvalue weighted by Gasteiger charge is 2.17. The number of aromatic nitrogens is 1. The lowest BCUT2D eigenvalue weighted by atomic mass is 10.0. The highest BCUT2D eigenvalue weighted by Crippen LogP contribution is 2.41. The fourth-order valence-corrected chi connectivity index (χ4v) is 3.51. The Morgan fingerprint density at radius 3 is 1.76 bits per heavy atom. The minimum Gasteiger partial charge on any atom is -0.252 e. The Bertz CT molecular complexity index is 989. The van der Waals surface area contributed by atoms with E-state index in [0.29, 0.717) is 21.7 Å². The normalized spacial score (nSPS) is 11.0. The lowest BCUT2D eigenvalue weighted by molar-refractivity contribution is 0.626. The van der Waals surface area contributed by atoms with Gasteiger partial charge in [-0.15, -0.1) is 0 Å². The topological polar surface area (TPSA) is 12.9 Å². The van der Waals surface area contributed by atoms with Crippen molar-refractivity contribution in [2.45, 2.75) is 0 Å². The maximum Gasteiger partial charge on any atom is 0.150 e. The summed E-state index contributed by atoms with van der Waals surface area (Å²) in [6.45, 7) is 0. The Hall–Kier alpha value is -0.740. The molecule has 25 heavy (non-hydrogen) atoms. The van der Waals surface area contributed by atoms with Gasteiger partial charge in [0.1, 0.15) is 11.5 Å². The molecule has 0 atom stereocenters. The number of pyridine rings is 1. The molecule has 0 unspecified atom stereocenters. The summed E-state index contributed by atoms with van der Waals surface area (Å²) in [5.41, 5.74) is 1.33. The summed E-state index contributed by atoms with van der Waals surface area (Å²) in [5.74, 6) is -0.597. The molecule has 0 amide bonds. The minimum absolute atomic E-state index is 0.0449. The fourth-order valence-electron chi connectivity index (χ4n) is 2.24. The first-order valence-electron chi connectivity index (χ1n) is 6.74. The van der Waals surface area contributed by atoms with Crippen molar-refractivity contribution in [1.29, 1.82) is 0 Å². The fraction of sp³-hybridized carbons (Fsp3) is 0. The SMILES string of the molecule is Fc1cc(-c2ccc(Cl)c(Cl)c2Cl)cnc1-c1ccc(Cl)c(Cl)c1Cl. The van der Waals surface area contributed by atoms with E-state index in [9.17, 15) is 4.39 Å². The Kier molecular flexibility index (Phi) is 5.69. The van der Waals surface area contributed by atoms with Crippen molar-refractivity contribution in [3.8, 4) is 22.4 Å². The summed E-state index contributed by atoms with van der Waals surface area (Å²) >= 11 is 36.2. The molecule has 3 aromatic rings. The molecule has 0 aliphatic heterocycles. The predicted octanol–water partition coefficient (Wildman–Crippen LogP) is 8.48. The number of nitrogens with zero attached hydrogens (tertiary/aromatic N) is 1. The van der Waals surface area contributed by atoms with Gasteiger partial charge in [0, 0.05) is 22.9 Å². The molecule has 0 radical (unpaired) electrons. The molecule has 0 saturated heterocycles. The van der Waals surface area contributed by atoms with Crippen LogP contribution in [0.1, 0.15) is 0 Å². The van der Waals surface area contributed by atoms with Crippen LogP contribution in [0.2, 0.25) is 30.1 Å². The van der Waals surface area contributed by atoms with Crippen LogP contribution in [0, 0.1) is 5.82 Å². The predicted molar refractivity (Wildman–Crippen MR) is 105 cm³/mol. The maximum absolute atomic E-state index is 14.6. The number of benzene rings is 2. The second-order valence-corrected chi connectivity index (χ2v) is 7.33. The standard InChI is InChI=1S/C17H6Cl6FN/c18-10-3-1-8(13(20)15(10)22)7-5-12(24)17(25-6-7)9-2-4-11(19)16(23)14(9)21/h1-6H. The molecule has 0 fully saturated rings. The second-order valence-electron chi connectivity index (χ2n) is 5.00. The average Bonchev–Trinajstić information content (AvgIpc) is 2.58. The number of hydrogen-bond acceptors (Lipinski definition) is 1. The van der Waals surface area contributed by atoms with Crippen LogP contribution < -0.4 is 0 Å². The number of halogens is 7. The molecule has 1 heterocycles. The first-order chi connectivity index (χ1) is 11.8. The summed E-state index contributed by atoms with van der Waals surface area (Å²) in [4.78, 5) is 4.15. The largest absolute Gasteiger partial charge is 0.252 e. The summed E-state index contributed by atoms with van der Waals surface area (Å²) in [5, 5.41) is 1.26. The number of rotatable bonds is 2. The first kappa shape index (κ1) is 19.0. The van der Waals surface area contributed by atoms with Gasteiger partial charge < -0.3 is 0 Å². The van der Waals surface area contributed by atoms with E-state index >= 15 is 0 Å². The molecule has 0 spiro atoms. The molecular weight excluding hydrogens is 450 g/mol. The van der Waals surface area contributed by atoms with E-state index in [-0.39, 0.29) is 30.8 Å². The Morgan fingerprint density at radius 1 is 0.680 bits per heavy atom. The van der Waals surface area contributed by atoms with E-state index in [1.54, 1.807) is 18.2 Å². The Morgan fingerprint density at radius 2 is 1.20 bits per heavy atom. The molecule has 0 aliphatic rings. The lowest BCUT2D eigenvalue weighted by Crippen LogP contribution is -1.93. The van der Waals surface area contributed by atoms with Gasteiger partial charge in [-0.05, 0) is 24.3 Å². The minimum atomic E-state index is -0.597. The zero-order chi connectivity index (χ0) is 18.3. The molecular formula is C17H6Cl6FN. The Labute approximate surface area is 173 Å². The molecule has 8 heteroatoms. The van der Waals surface area contributed by atoms with Crippen LogP contribution in [0.3, 0.4) is 0 Å². The zero-order valence-corrected chi connectivity index (χ0v) is 16.6. The Balaban J connectivity index is 2.12. The van der Waals surface area contributed by atoms with Crippen molar-refractivity contribution >= 4 is 69.6 Å². The molecule has 0 bridgehead atoms. The third-order valence-electron chi connectivity index (χ3n) is 3.48. The van der Waals surface area contributed by atoms with Crippen molar-refractivity contribution in [1.82, 2.24) is 4.98 Å². The lowest BCUT2D eigenvalue weighted by Gasteiger charge is -2.11. The summed E-state index contributed by atoms with van der Waals surface area (Å²) in [6.07, 6.45) is 1.46. The molecule has 0 N–H and O–H groups in total. The highest BCUT2D eigenvalue weighted by molar-refractivity contribution is 6.49. The molecule has 2 aromatic carbocycles. The third kappa shape index (κ3) is 3.57. The van der Waals surface area contributed by atoms with E-state index in [0.717, 1.165) is 0 Å². The van der Waals surface area contributed by atoms with Crippen molar-refractivity contribution in [3.63, 3.8) is 0 Å². The average molecular weight is 456 g/mol. The second kappa shape index (κ2) is 7.48. The van der Waals surface area contributed by atoms with Gasteiger partial charge in [-0.3, -0.25) is 4.98 Å². The third-order valence-corrected chi connectivity index (χ3v) is 6.06. The van der Waals surface area contributed by atoms with Gasteiger partial charge in [0.15, 0.2) is 0 Å². The van der Waals surface area contributed by atoms with Gasteiger partial charge in [0.05, 0.1) is 30.1 Å². The van der Waals surface area contributed by atoms with Crippen LogP contribution in [-0.4, -0.2) is 4.98 Å². The summed E-state index contributed by atoms with van der Waals surface area (Å²) < 4.78 is 14.6. The van der Waals surface area contributed by atoms with Gasteiger partial charge in [-0.2, -0.15) is 0 Å². The highest BCUT2D eigenvalue weighted by atomic mass is 35.5. The monoisotopic (exact) mass is 453 g/mol.